The number of hydrogen-bond donors (Lipinski definition) is 3. The van der Waals surface area contributed by atoms with E-state index >= 15 is 0 Å². The summed E-state index contributed by atoms with van der Waals surface area (Å²) >= 11 is 3.38. The van der Waals surface area contributed by atoms with Crippen molar-refractivity contribution in [3.05, 3.63) is 105 Å². The number of benzene rings is 2. The molecule has 0 fully saturated rings. The molecule has 8 aromatic rings. The minimum Gasteiger partial charge on any atom is -0.392 e. The molecule has 0 saturated heterocycles. The molecule has 0 amide bonds. The lowest BCUT2D eigenvalue weighted by molar-refractivity contribution is 0.280. The van der Waals surface area contributed by atoms with Crippen LogP contribution in [-0.4, -0.2) is 52.2 Å². The molecule has 6 aromatic heterocycles. The van der Waals surface area contributed by atoms with E-state index in [1.54, 1.807) is 22.7 Å². The van der Waals surface area contributed by atoms with E-state index in [4.69, 9.17) is 26.4 Å². The van der Waals surface area contributed by atoms with Crippen molar-refractivity contribution in [2.75, 3.05) is 24.6 Å². The van der Waals surface area contributed by atoms with Crippen LogP contribution in [0.1, 0.15) is 85.9 Å². The fourth-order valence-corrected chi connectivity index (χ4v) is 9.73. The summed E-state index contributed by atoms with van der Waals surface area (Å²) in [6.07, 6.45) is 6.58. The highest BCUT2D eigenvalue weighted by Gasteiger charge is 2.21. The normalized spacial score (nSPS) is 12.1. The Kier molecular flexibility index (Phi) is 11.3. The molecule has 0 aliphatic rings. The van der Waals surface area contributed by atoms with Gasteiger partial charge in [0.1, 0.15) is 22.7 Å². The number of nitrogen functional groups attached to an aromatic ring is 2. The van der Waals surface area contributed by atoms with Crippen LogP contribution in [0, 0.1) is 0 Å². The van der Waals surface area contributed by atoms with Gasteiger partial charge in [0.25, 0.3) is 0 Å². The molecule has 0 saturated carbocycles. The van der Waals surface area contributed by atoms with Gasteiger partial charge in [0.05, 0.1) is 38.1 Å². The zero-order chi connectivity index (χ0) is 38.8. The van der Waals surface area contributed by atoms with Gasteiger partial charge in [-0.2, -0.15) is 0 Å². The molecule has 8 rings (SSSR count). The molecule has 0 unspecified atom stereocenters. The summed E-state index contributed by atoms with van der Waals surface area (Å²) < 4.78 is 6.95. The first kappa shape index (κ1) is 38.0. The first-order valence-electron chi connectivity index (χ1n) is 19.9. The number of unbranched alkanes of at least 4 members (excludes halogenated alkanes) is 2. The zero-order valence-corrected chi connectivity index (χ0v) is 34.2. The van der Waals surface area contributed by atoms with Crippen molar-refractivity contribution in [3.63, 3.8) is 0 Å². The lowest BCUT2D eigenvalue weighted by Gasteiger charge is -2.18. The average molecular weight is 786 g/mol. The van der Waals surface area contributed by atoms with Crippen molar-refractivity contribution in [1.82, 2.24) is 34.0 Å². The molecule has 290 valence electrons. The average Bonchev–Trinajstić information content (AvgIpc) is 4.02. The molecule has 56 heavy (non-hydrogen) atoms. The smallest absolute Gasteiger partial charge is 0.152 e. The standard InChI is InChI=1S/C44H51N9OS2/c1-4-7-11-35-49-38-40(42-34(20-22-56-42)48-44(38)46)53(35)26-30-17-18-32(27-54)31(23-30)10-8-9-12-36-50-37-39(41-33(19-21-55-41)47-43(37)45)52(36)25-29-15-13-28(14-16-29)24-51(5-2)6-3/h13-23,54H,4-12,24-27H2,1-3H3,(H2,45,47)(H2,46,48). The highest BCUT2D eigenvalue weighted by Crippen LogP contribution is 2.35. The fraction of sp³-hybridized carbons (Fsp3) is 0.364. The number of rotatable bonds is 17. The topological polar surface area (TPSA) is 137 Å². The molecule has 12 heteroatoms. The Balaban J connectivity index is 1.04. The Labute approximate surface area is 335 Å². The molecule has 0 atom stereocenters. The number of anilines is 2. The summed E-state index contributed by atoms with van der Waals surface area (Å²) in [6.45, 7) is 11.1. The maximum Gasteiger partial charge on any atom is 0.152 e. The second-order valence-corrected chi connectivity index (χ2v) is 16.6. The van der Waals surface area contributed by atoms with E-state index in [0.29, 0.717) is 24.7 Å². The lowest BCUT2D eigenvalue weighted by Crippen LogP contribution is -2.22. The van der Waals surface area contributed by atoms with Crippen LogP contribution >= 0.6 is 22.7 Å². The first-order chi connectivity index (χ1) is 27.4. The second kappa shape index (κ2) is 16.7. The number of pyridine rings is 2. The zero-order valence-electron chi connectivity index (χ0n) is 32.6. The molecule has 0 radical (unpaired) electrons. The lowest BCUT2D eigenvalue weighted by atomic mass is 9.98. The number of aliphatic hydroxyl groups is 1. The van der Waals surface area contributed by atoms with Gasteiger partial charge in [0, 0.05) is 32.5 Å². The van der Waals surface area contributed by atoms with Gasteiger partial charge in [0.15, 0.2) is 11.6 Å². The third-order valence-corrected chi connectivity index (χ3v) is 12.9. The monoisotopic (exact) mass is 785 g/mol. The van der Waals surface area contributed by atoms with Crippen LogP contribution in [0.2, 0.25) is 0 Å². The number of thiophene rings is 2. The first-order valence-corrected chi connectivity index (χ1v) is 21.7. The number of nitrogens with zero attached hydrogens (tertiary/aromatic N) is 7. The molecular formula is C44H51N9OS2. The SMILES string of the molecule is CCCCc1nc2c(N)nc3ccsc3c2n1Cc1ccc(CO)c(CCCCc2nc3c(N)nc4ccsc4c3n2Cc2ccc(CN(CC)CC)cc2)c1. The van der Waals surface area contributed by atoms with E-state index in [1.165, 1.54) is 22.3 Å². The highest BCUT2D eigenvalue weighted by molar-refractivity contribution is 7.18. The Bertz CT molecular complexity index is 2610. The minimum absolute atomic E-state index is 0.00991. The van der Waals surface area contributed by atoms with Gasteiger partial charge in [0.2, 0.25) is 0 Å². The molecule has 5 N–H and O–H groups in total. The quantitative estimate of drug-likeness (QED) is 0.0778. The van der Waals surface area contributed by atoms with Crippen LogP contribution in [0.15, 0.2) is 65.4 Å². The van der Waals surface area contributed by atoms with Gasteiger partial charge in [-0.1, -0.05) is 69.7 Å². The molecule has 0 spiro atoms. The summed E-state index contributed by atoms with van der Waals surface area (Å²) in [5.41, 5.74) is 24.4. The Morgan fingerprint density at radius 3 is 1.73 bits per heavy atom. The van der Waals surface area contributed by atoms with Gasteiger partial charge >= 0.3 is 0 Å². The van der Waals surface area contributed by atoms with Gasteiger partial charge in [-0.05, 0) is 89.5 Å². The highest BCUT2D eigenvalue weighted by atomic mass is 32.1. The van der Waals surface area contributed by atoms with E-state index in [9.17, 15) is 5.11 Å². The molecule has 2 aromatic carbocycles. The van der Waals surface area contributed by atoms with E-state index in [2.05, 4.69) is 93.0 Å². The van der Waals surface area contributed by atoms with Crippen LogP contribution < -0.4 is 11.5 Å². The summed E-state index contributed by atoms with van der Waals surface area (Å²) in [5, 5.41) is 14.5. The van der Waals surface area contributed by atoms with Gasteiger partial charge < -0.3 is 25.7 Å². The van der Waals surface area contributed by atoms with E-state index < -0.39 is 0 Å². The number of aromatic nitrogens is 6. The summed E-state index contributed by atoms with van der Waals surface area (Å²) in [6, 6.07) is 19.6. The number of fused-ring (bicyclic) bond motifs is 6. The van der Waals surface area contributed by atoms with E-state index in [-0.39, 0.29) is 6.61 Å². The maximum absolute atomic E-state index is 10.4. The number of nitrogens with two attached hydrogens (primary N) is 2. The number of imidazole rings is 2. The van der Waals surface area contributed by atoms with E-state index in [0.717, 1.165) is 124 Å². The predicted octanol–water partition coefficient (Wildman–Crippen LogP) is 9.11. The fourth-order valence-electron chi connectivity index (χ4n) is 7.96. The minimum atomic E-state index is 0.00991. The molecule has 0 aliphatic carbocycles. The molecule has 0 bridgehead atoms. The predicted molar refractivity (Wildman–Crippen MR) is 234 cm³/mol. The van der Waals surface area contributed by atoms with Crippen LogP contribution in [-0.2, 0) is 45.5 Å². The molecule has 6 heterocycles. The largest absolute Gasteiger partial charge is 0.392 e. The van der Waals surface area contributed by atoms with Crippen LogP contribution in [0.3, 0.4) is 0 Å². The van der Waals surface area contributed by atoms with Crippen LogP contribution in [0.5, 0.6) is 0 Å². The van der Waals surface area contributed by atoms with Crippen LogP contribution in [0.25, 0.3) is 42.5 Å². The van der Waals surface area contributed by atoms with Gasteiger partial charge in [-0.15, -0.1) is 22.7 Å². The number of hydrogen-bond acceptors (Lipinski definition) is 10. The second-order valence-electron chi connectivity index (χ2n) is 14.7. The van der Waals surface area contributed by atoms with Crippen LogP contribution in [0.4, 0.5) is 11.6 Å². The van der Waals surface area contributed by atoms with Crippen molar-refractivity contribution >= 4 is 76.8 Å². The summed E-state index contributed by atoms with van der Waals surface area (Å²) in [7, 11) is 0. The van der Waals surface area contributed by atoms with Crippen molar-refractivity contribution in [2.45, 2.75) is 92.0 Å². The third-order valence-electron chi connectivity index (χ3n) is 11.1. The number of aliphatic hydroxyl groups excluding tert-OH is 1. The van der Waals surface area contributed by atoms with Crippen molar-refractivity contribution in [2.24, 2.45) is 0 Å². The Hall–Kier alpha value is -4.88. The Morgan fingerprint density at radius 1 is 0.625 bits per heavy atom. The van der Waals surface area contributed by atoms with Crippen molar-refractivity contribution < 1.29 is 5.11 Å². The maximum atomic E-state index is 10.4. The molecule has 10 nitrogen and oxygen atoms in total. The van der Waals surface area contributed by atoms with E-state index in [1.807, 2.05) is 12.1 Å². The van der Waals surface area contributed by atoms with Crippen molar-refractivity contribution in [3.8, 4) is 0 Å². The number of aryl methyl sites for hydroxylation is 3. The molecular weight excluding hydrogens is 735 g/mol. The van der Waals surface area contributed by atoms with Gasteiger partial charge in [-0.3, -0.25) is 4.90 Å². The third kappa shape index (κ3) is 7.50. The Morgan fingerprint density at radius 2 is 1.16 bits per heavy atom. The summed E-state index contributed by atoms with van der Waals surface area (Å²) in [4.78, 5) is 21.9. The summed E-state index contributed by atoms with van der Waals surface area (Å²) in [5.74, 6) is 3.03. The van der Waals surface area contributed by atoms with Gasteiger partial charge in [-0.25, -0.2) is 19.9 Å². The van der Waals surface area contributed by atoms with Crippen molar-refractivity contribution in [1.29, 1.82) is 0 Å². The molecule has 0 aliphatic heterocycles.